The Kier molecular flexibility index (Phi) is 13.9. The van der Waals surface area contributed by atoms with Gasteiger partial charge in [-0.05, 0) is 67.1 Å². The Balaban J connectivity index is 0.000000627. The Labute approximate surface area is 183 Å². The summed E-state index contributed by atoms with van der Waals surface area (Å²) in [7, 11) is 0.500. The van der Waals surface area contributed by atoms with Crippen molar-refractivity contribution in [1.29, 1.82) is 0 Å². The highest BCUT2D eigenvalue weighted by Gasteiger charge is 2.24. The highest BCUT2D eigenvalue weighted by molar-refractivity contribution is 6.30. The fourth-order valence-electron chi connectivity index (χ4n) is 4.64. The molecule has 29 heavy (non-hydrogen) atoms. The van der Waals surface area contributed by atoms with Crippen molar-refractivity contribution < 1.29 is 8.78 Å². The molecule has 0 N–H and O–H groups in total. The van der Waals surface area contributed by atoms with E-state index in [1.54, 1.807) is 12.1 Å². The van der Waals surface area contributed by atoms with Crippen molar-refractivity contribution in [1.82, 2.24) is 0 Å². The standard InChI is InChI=1S/C21H30ClF.C4H10.CH3F/c1-15-2-4-16(5-3-15)6-7-17-8-10-18(11-9-17)19-12-13-20(22)21(23)14-19;1-3-4-2;1-2/h12-18H,2-11H2,1H3;3-4H2,1-2H3;1H3. The van der Waals surface area contributed by atoms with Crippen molar-refractivity contribution in [2.45, 2.75) is 104 Å². The Morgan fingerprint density at radius 1 is 0.828 bits per heavy atom. The van der Waals surface area contributed by atoms with Gasteiger partial charge in [0, 0.05) is 0 Å². The maximum Gasteiger partial charge on any atom is 0.142 e. The molecule has 0 aliphatic heterocycles. The van der Waals surface area contributed by atoms with Gasteiger partial charge in [0.1, 0.15) is 5.82 Å². The molecule has 0 bridgehead atoms. The number of halogens is 3. The summed E-state index contributed by atoms with van der Waals surface area (Å²) in [5.41, 5.74) is 1.15. The van der Waals surface area contributed by atoms with E-state index in [1.165, 1.54) is 77.0 Å². The summed E-state index contributed by atoms with van der Waals surface area (Å²) in [6, 6.07) is 5.37. The van der Waals surface area contributed by atoms with Gasteiger partial charge >= 0.3 is 0 Å². The fraction of sp³-hybridized carbons (Fsp3) is 0.769. The van der Waals surface area contributed by atoms with Gasteiger partial charge in [0.2, 0.25) is 0 Å². The molecule has 2 aliphatic carbocycles. The molecule has 0 spiro atoms. The molecule has 0 unspecified atom stereocenters. The molecule has 1 aromatic rings. The van der Waals surface area contributed by atoms with Crippen molar-refractivity contribution >= 4 is 11.6 Å². The van der Waals surface area contributed by atoms with E-state index in [1.807, 2.05) is 6.07 Å². The molecule has 0 saturated heterocycles. The third-order valence-corrected chi connectivity index (χ3v) is 7.19. The van der Waals surface area contributed by atoms with Gasteiger partial charge in [-0.25, -0.2) is 4.39 Å². The zero-order valence-electron chi connectivity index (χ0n) is 19.2. The minimum atomic E-state index is -0.266. The summed E-state index contributed by atoms with van der Waals surface area (Å²) in [6.45, 7) is 6.76. The topological polar surface area (TPSA) is 0 Å². The third kappa shape index (κ3) is 9.81. The van der Waals surface area contributed by atoms with Crippen molar-refractivity contribution in [2.24, 2.45) is 17.8 Å². The van der Waals surface area contributed by atoms with Crippen molar-refractivity contribution in [3.8, 4) is 0 Å². The van der Waals surface area contributed by atoms with Gasteiger partial charge in [0.25, 0.3) is 0 Å². The van der Waals surface area contributed by atoms with Gasteiger partial charge in [-0.1, -0.05) is 89.8 Å². The molecule has 0 nitrogen and oxygen atoms in total. The first-order valence-corrected chi connectivity index (χ1v) is 12.2. The second-order valence-corrected chi connectivity index (χ2v) is 9.50. The van der Waals surface area contributed by atoms with Crippen LogP contribution in [0.4, 0.5) is 8.78 Å². The van der Waals surface area contributed by atoms with Gasteiger partial charge in [0.05, 0.1) is 12.2 Å². The van der Waals surface area contributed by atoms with Crippen molar-refractivity contribution in [3.05, 3.63) is 34.6 Å². The van der Waals surface area contributed by atoms with Crippen LogP contribution in [0.5, 0.6) is 0 Å². The lowest BCUT2D eigenvalue weighted by Crippen LogP contribution is -2.17. The molecule has 0 amide bonds. The minimum absolute atomic E-state index is 0.240. The largest absolute Gasteiger partial charge is 0.255 e. The quantitative estimate of drug-likeness (QED) is 0.437. The van der Waals surface area contributed by atoms with E-state index >= 15 is 0 Å². The van der Waals surface area contributed by atoms with E-state index < -0.39 is 0 Å². The van der Waals surface area contributed by atoms with Gasteiger partial charge in [-0.2, -0.15) is 0 Å². The summed E-state index contributed by atoms with van der Waals surface area (Å²) >= 11 is 5.79. The number of alkyl halides is 1. The molecule has 1 aromatic carbocycles. The maximum absolute atomic E-state index is 13.6. The Hall–Kier alpha value is -0.630. The predicted octanol–water partition coefficient (Wildman–Crippen LogP) is 9.75. The van der Waals surface area contributed by atoms with Crippen LogP contribution in [-0.4, -0.2) is 7.18 Å². The van der Waals surface area contributed by atoms with E-state index in [-0.39, 0.29) is 10.8 Å². The summed E-state index contributed by atoms with van der Waals surface area (Å²) in [5, 5.41) is 0.240. The first-order chi connectivity index (χ1) is 14.0. The third-order valence-electron chi connectivity index (χ3n) is 6.88. The van der Waals surface area contributed by atoms with E-state index in [0.717, 1.165) is 23.3 Å². The van der Waals surface area contributed by atoms with E-state index in [0.29, 0.717) is 13.1 Å². The smallest absolute Gasteiger partial charge is 0.142 e. The zero-order chi connectivity index (χ0) is 21.6. The molecule has 168 valence electrons. The average Bonchev–Trinajstić information content (AvgIpc) is 2.77. The number of unbranched alkanes of at least 4 members (excludes halogenated alkanes) is 1. The predicted molar refractivity (Wildman–Crippen MR) is 124 cm³/mol. The van der Waals surface area contributed by atoms with Crippen LogP contribution in [0.25, 0.3) is 0 Å². The lowest BCUT2D eigenvalue weighted by molar-refractivity contribution is 0.237. The molecule has 3 rings (SSSR count). The van der Waals surface area contributed by atoms with Crippen LogP contribution in [-0.2, 0) is 0 Å². The molecule has 0 aromatic heterocycles. The molecule has 3 heteroatoms. The van der Waals surface area contributed by atoms with Crippen LogP contribution >= 0.6 is 11.6 Å². The van der Waals surface area contributed by atoms with Crippen LogP contribution < -0.4 is 0 Å². The molecule has 2 aliphatic rings. The van der Waals surface area contributed by atoms with Gasteiger partial charge < -0.3 is 0 Å². The minimum Gasteiger partial charge on any atom is -0.255 e. The van der Waals surface area contributed by atoms with Gasteiger partial charge in [-0.15, -0.1) is 0 Å². The first-order valence-electron chi connectivity index (χ1n) is 11.9. The van der Waals surface area contributed by atoms with Crippen LogP contribution in [0.15, 0.2) is 18.2 Å². The Morgan fingerprint density at radius 2 is 1.31 bits per heavy atom. The maximum atomic E-state index is 13.6. The first kappa shape index (κ1) is 26.4. The normalized spacial score (nSPS) is 26.6. The zero-order valence-corrected chi connectivity index (χ0v) is 19.9. The van der Waals surface area contributed by atoms with Crippen LogP contribution in [0.1, 0.15) is 109 Å². The number of hydrogen-bond acceptors (Lipinski definition) is 0. The number of rotatable bonds is 5. The van der Waals surface area contributed by atoms with Gasteiger partial charge in [-0.3, -0.25) is 4.39 Å². The highest BCUT2D eigenvalue weighted by Crippen LogP contribution is 2.40. The Morgan fingerprint density at radius 3 is 1.76 bits per heavy atom. The van der Waals surface area contributed by atoms with Crippen LogP contribution in [0, 0.1) is 23.6 Å². The lowest BCUT2D eigenvalue weighted by atomic mass is 9.74. The van der Waals surface area contributed by atoms with Gasteiger partial charge in [0.15, 0.2) is 0 Å². The second kappa shape index (κ2) is 15.2. The summed E-state index contributed by atoms with van der Waals surface area (Å²) in [4.78, 5) is 0. The molecule has 0 heterocycles. The molecule has 2 fully saturated rings. The van der Waals surface area contributed by atoms with E-state index in [9.17, 15) is 8.78 Å². The molecule has 0 radical (unpaired) electrons. The van der Waals surface area contributed by atoms with Crippen LogP contribution in [0.2, 0.25) is 5.02 Å². The van der Waals surface area contributed by atoms with E-state index in [4.69, 9.17) is 11.6 Å². The second-order valence-electron chi connectivity index (χ2n) is 9.09. The molecule has 2 saturated carbocycles. The Bertz CT molecular complexity index is 528. The summed E-state index contributed by atoms with van der Waals surface area (Å²) in [5.74, 6) is 3.13. The fourth-order valence-corrected chi connectivity index (χ4v) is 4.76. The van der Waals surface area contributed by atoms with E-state index in [2.05, 4.69) is 20.8 Å². The SMILES string of the molecule is CC1CCC(CCC2CCC(c3ccc(Cl)c(F)c3)CC2)CC1.CCCC.CF. The average molecular weight is 429 g/mol. The monoisotopic (exact) mass is 428 g/mol. The summed E-state index contributed by atoms with van der Waals surface area (Å²) in [6.07, 6.45) is 16.4. The molecule has 0 atom stereocenters. The molecular formula is C26H43ClF2. The lowest BCUT2D eigenvalue weighted by Gasteiger charge is -2.31. The molecular weight excluding hydrogens is 386 g/mol. The number of benzene rings is 1. The highest BCUT2D eigenvalue weighted by atomic mass is 35.5. The van der Waals surface area contributed by atoms with Crippen LogP contribution in [0.3, 0.4) is 0 Å². The van der Waals surface area contributed by atoms with Crippen molar-refractivity contribution in [3.63, 3.8) is 0 Å². The summed E-state index contributed by atoms with van der Waals surface area (Å²) < 4.78 is 23.1. The number of hydrogen-bond donors (Lipinski definition) is 0. The van der Waals surface area contributed by atoms with Crippen molar-refractivity contribution in [2.75, 3.05) is 7.18 Å².